The van der Waals surface area contributed by atoms with Crippen LogP contribution in [0.15, 0.2) is 41.3 Å². The number of methoxy groups -OCH3 is 1. The molecular formula is C16H17NO5S. The molecule has 0 aliphatic carbocycles. The molecule has 0 aliphatic rings. The van der Waals surface area contributed by atoms with Crippen molar-refractivity contribution in [3.8, 4) is 5.75 Å². The number of anilines is 1. The molecule has 0 fully saturated rings. The molecule has 0 bridgehead atoms. The predicted molar refractivity (Wildman–Crippen MR) is 86.2 cm³/mol. The fourth-order valence-corrected chi connectivity index (χ4v) is 3.24. The molecule has 0 saturated carbocycles. The van der Waals surface area contributed by atoms with Crippen LogP contribution in [0, 0.1) is 13.8 Å². The van der Waals surface area contributed by atoms with Crippen molar-refractivity contribution in [1.82, 2.24) is 0 Å². The van der Waals surface area contributed by atoms with Crippen LogP contribution in [-0.4, -0.2) is 26.6 Å². The van der Waals surface area contributed by atoms with Gasteiger partial charge in [-0.3, -0.25) is 4.72 Å². The van der Waals surface area contributed by atoms with E-state index in [1.165, 1.54) is 6.07 Å². The molecule has 0 unspecified atom stereocenters. The van der Waals surface area contributed by atoms with Gasteiger partial charge in [-0.15, -0.1) is 0 Å². The minimum absolute atomic E-state index is 0.143. The smallest absolute Gasteiger partial charge is 0.341 e. The summed E-state index contributed by atoms with van der Waals surface area (Å²) in [4.78, 5) is 11.4. The molecule has 2 aromatic carbocycles. The van der Waals surface area contributed by atoms with Crippen molar-refractivity contribution >= 4 is 21.7 Å². The van der Waals surface area contributed by atoms with Crippen LogP contribution in [0.25, 0.3) is 0 Å². The summed E-state index contributed by atoms with van der Waals surface area (Å²) in [7, 11) is -2.75. The molecule has 0 aliphatic heterocycles. The monoisotopic (exact) mass is 335 g/mol. The van der Waals surface area contributed by atoms with Crippen molar-refractivity contribution in [2.24, 2.45) is 0 Å². The number of ether oxygens (including phenoxy) is 1. The molecule has 2 aromatic rings. The highest BCUT2D eigenvalue weighted by atomic mass is 32.2. The minimum atomic E-state index is -3.90. The van der Waals surface area contributed by atoms with Crippen molar-refractivity contribution in [3.05, 3.63) is 53.1 Å². The Hall–Kier alpha value is -2.54. The Balaban J connectivity index is 2.42. The van der Waals surface area contributed by atoms with E-state index in [0.29, 0.717) is 5.69 Å². The standard InChI is InChI=1S/C16H17NO5S/c1-10-4-6-14(11(2)8-10)17-23(20,21)12-5-7-15(18)13(9-12)16(19)22-3/h4-9,17-18H,1-3H3. The van der Waals surface area contributed by atoms with Gasteiger partial charge in [0.2, 0.25) is 0 Å². The molecule has 6 nitrogen and oxygen atoms in total. The van der Waals surface area contributed by atoms with Gasteiger partial charge in [0.1, 0.15) is 11.3 Å². The summed E-state index contributed by atoms with van der Waals surface area (Å²) in [5.74, 6) is -1.16. The van der Waals surface area contributed by atoms with Crippen LogP contribution in [-0.2, 0) is 14.8 Å². The first-order valence-electron chi connectivity index (χ1n) is 6.76. The summed E-state index contributed by atoms with van der Waals surface area (Å²) in [6.07, 6.45) is 0. The number of phenolic OH excluding ortho intramolecular Hbond substituents is 1. The number of benzene rings is 2. The highest BCUT2D eigenvalue weighted by molar-refractivity contribution is 7.92. The summed E-state index contributed by atoms with van der Waals surface area (Å²) in [5, 5.41) is 9.65. The van der Waals surface area contributed by atoms with Gasteiger partial charge in [0.25, 0.3) is 10.0 Å². The maximum atomic E-state index is 12.5. The van der Waals surface area contributed by atoms with E-state index in [1.54, 1.807) is 19.1 Å². The topological polar surface area (TPSA) is 92.7 Å². The van der Waals surface area contributed by atoms with E-state index >= 15 is 0 Å². The number of hydrogen-bond acceptors (Lipinski definition) is 5. The predicted octanol–water partition coefficient (Wildman–Crippen LogP) is 2.60. The first-order chi connectivity index (χ1) is 10.7. The van der Waals surface area contributed by atoms with Crippen molar-refractivity contribution in [3.63, 3.8) is 0 Å². The van der Waals surface area contributed by atoms with Gasteiger partial charge >= 0.3 is 5.97 Å². The molecule has 7 heteroatoms. The van der Waals surface area contributed by atoms with E-state index < -0.39 is 16.0 Å². The highest BCUT2D eigenvalue weighted by Gasteiger charge is 2.20. The fraction of sp³-hybridized carbons (Fsp3) is 0.188. The normalized spacial score (nSPS) is 11.1. The second-order valence-electron chi connectivity index (χ2n) is 5.09. The molecular weight excluding hydrogens is 318 g/mol. The highest BCUT2D eigenvalue weighted by Crippen LogP contribution is 2.25. The second kappa shape index (κ2) is 6.29. The summed E-state index contributed by atoms with van der Waals surface area (Å²) >= 11 is 0. The number of phenols is 1. The van der Waals surface area contributed by atoms with Crippen molar-refractivity contribution in [1.29, 1.82) is 0 Å². The Labute approximate surface area is 134 Å². The maximum Gasteiger partial charge on any atom is 0.341 e. The molecule has 0 aromatic heterocycles. The molecule has 0 spiro atoms. The van der Waals surface area contributed by atoms with Gasteiger partial charge in [-0.1, -0.05) is 17.7 Å². The van der Waals surface area contributed by atoms with Crippen LogP contribution in [0.3, 0.4) is 0 Å². The number of carbonyl (C=O) groups is 1. The molecule has 2 N–H and O–H groups in total. The molecule has 2 rings (SSSR count). The molecule has 0 atom stereocenters. The van der Waals surface area contributed by atoms with Crippen LogP contribution in [0.5, 0.6) is 5.75 Å². The van der Waals surface area contributed by atoms with E-state index in [2.05, 4.69) is 9.46 Å². The zero-order valence-electron chi connectivity index (χ0n) is 13.0. The van der Waals surface area contributed by atoms with E-state index in [4.69, 9.17) is 0 Å². The number of aromatic hydroxyl groups is 1. The average Bonchev–Trinajstić information content (AvgIpc) is 2.49. The van der Waals surface area contributed by atoms with Gasteiger partial charge in [0.05, 0.1) is 17.7 Å². The van der Waals surface area contributed by atoms with Crippen molar-refractivity contribution in [2.45, 2.75) is 18.7 Å². The molecule has 23 heavy (non-hydrogen) atoms. The second-order valence-corrected chi connectivity index (χ2v) is 6.78. The van der Waals surface area contributed by atoms with Crippen molar-refractivity contribution < 1.29 is 23.1 Å². The van der Waals surface area contributed by atoms with Crippen LogP contribution in [0.1, 0.15) is 21.5 Å². The van der Waals surface area contributed by atoms with E-state index in [0.717, 1.165) is 30.4 Å². The molecule has 0 radical (unpaired) electrons. The number of nitrogens with one attached hydrogen (secondary N) is 1. The van der Waals surface area contributed by atoms with Gasteiger partial charge in [0.15, 0.2) is 0 Å². The number of esters is 1. The zero-order chi connectivity index (χ0) is 17.2. The van der Waals surface area contributed by atoms with Gasteiger partial charge in [0, 0.05) is 0 Å². The fourth-order valence-electron chi connectivity index (χ4n) is 2.09. The summed E-state index contributed by atoms with van der Waals surface area (Å²) in [6, 6.07) is 8.75. The van der Waals surface area contributed by atoms with Crippen LogP contribution in [0.4, 0.5) is 5.69 Å². The lowest BCUT2D eigenvalue weighted by Crippen LogP contribution is -2.15. The third kappa shape index (κ3) is 3.62. The SMILES string of the molecule is COC(=O)c1cc(S(=O)(=O)Nc2ccc(C)cc2C)ccc1O. The Morgan fingerprint density at radius 1 is 1.13 bits per heavy atom. The number of carbonyl (C=O) groups excluding carboxylic acids is 1. The zero-order valence-corrected chi connectivity index (χ0v) is 13.8. The molecule has 0 amide bonds. The Bertz CT molecular complexity index is 859. The third-order valence-electron chi connectivity index (χ3n) is 3.31. The van der Waals surface area contributed by atoms with Gasteiger partial charge in [-0.05, 0) is 43.7 Å². The first kappa shape index (κ1) is 16.8. The quantitative estimate of drug-likeness (QED) is 0.838. The largest absolute Gasteiger partial charge is 0.507 e. The lowest BCUT2D eigenvalue weighted by molar-refractivity contribution is 0.0597. The molecule has 0 heterocycles. The molecule has 0 saturated heterocycles. The lowest BCUT2D eigenvalue weighted by Gasteiger charge is -2.12. The van der Waals surface area contributed by atoms with Crippen LogP contribution >= 0.6 is 0 Å². The number of sulfonamides is 1. The first-order valence-corrected chi connectivity index (χ1v) is 8.24. The Kier molecular flexibility index (Phi) is 4.60. The van der Waals surface area contributed by atoms with E-state index in [-0.39, 0.29) is 16.2 Å². The molecule has 122 valence electrons. The summed E-state index contributed by atoms with van der Waals surface area (Å²) < 4.78 is 31.9. The van der Waals surface area contributed by atoms with Gasteiger partial charge in [-0.2, -0.15) is 0 Å². The number of rotatable bonds is 4. The Morgan fingerprint density at radius 2 is 1.83 bits per heavy atom. The van der Waals surface area contributed by atoms with Gasteiger partial charge in [-0.25, -0.2) is 13.2 Å². The minimum Gasteiger partial charge on any atom is -0.507 e. The third-order valence-corrected chi connectivity index (χ3v) is 4.67. The van der Waals surface area contributed by atoms with Crippen LogP contribution < -0.4 is 4.72 Å². The van der Waals surface area contributed by atoms with Crippen LogP contribution in [0.2, 0.25) is 0 Å². The van der Waals surface area contributed by atoms with Gasteiger partial charge < -0.3 is 9.84 Å². The van der Waals surface area contributed by atoms with E-state index in [9.17, 15) is 18.3 Å². The maximum absolute atomic E-state index is 12.5. The Morgan fingerprint density at radius 3 is 2.43 bits per heavy atom. The summed E-state index contributed by atoms with van der Waals surface area (Å²) in [6.45, 7) is 3.70. The average molecular weight is 335 g/mol. The lowest BCUT2D eigenvalue weighted by atomic mass is 10.1. The van der Waals surface area contributed by atoms with Crippen molar-refractivity contribution in [2.75, 3.05) is 11.8 Å². The number of aryl methyl sites for hydroxylation is 2. The summed E-state index contributed by atoms with van der Waals surface area (Å²) in [5.41, 5.74) is 2.03. The number of hydrogen-bond donors (Lipinski definition) is 2. The van der Waals surface area contributed by atoms with E-state index in [1.807, 2.05) is 13.0 Å².